The SMILES string of the molecule is Cc1ccc(NC(=O)C2[C@H]3CCCC[C@@H]23)cc1. The lowest BCUT2D eigenvalue weighted by Crippen LogP contribution is -2.15. The van der Waals surface area contributed by atoms with Gasteiger partial charge in [-0.1, -0.05) is 30.5 Å². The summed E-state index contributed by atoms with van der Waals surface area (Å²) in [5, 5.41) is 3.05. The number of fused-ring (bicyclic) bond motifs is 1. The van der Waals surface area contributed by atoms with Gasteiger partial charge < -0.3 is 5.32 Å². The van der Waals surface area contributed by atoms with Crippen LogP contribution in [0.25, 0.3) is 0 Å². The van der Waals surface area contributed by atoms with E-state index in [1.165, 1.54) is 31.2 Å². The van der Waals surface area contributed by atoms with E-state index >= 15 is 0 Å². The number of nitrogens with one attached hydrogen (secondary N) is 1. The van der Waals surface area contributed by atoms with Crippen molar-refractivity contribution >= 4 is 11.6 Å². The molecule has 2 fully saturated rings. The number of benzene rings is 1. The minimum atomic E-state index is 0.241. The van der Waals surface area contributed by atoms with Crippen molar-refractivity contribution in [2.24, 2.45) is 17.8 Å². The maximum atomic E-state index is 12.1. The van der Waals surface area contributed by atoms with Crippen molar-refractivity contribution in [3.05, 3.63) is 29.8 Å². The Labute approximate surface area is 102 Å². The smallest absolute Gasteiger partial charge is 0.228 e. The van der Waals surface area contributed by atoms with Crippen LogP contribution >= 0.6 is 0 Å². The zero-order chi connectivity index (χ0) is 11.8. The molecule has 2 aliphatic carbocycles. The van der Waals surface area contributed by atoms with Crippen LogP contribution in [0.4, 0.5) is 5.69 Å². The van der Waals surface area contributed by atoms with Gasteiger partial charge in [-0.15, -0.1) is 0 Å². The summed E-state index contributed by atoms with van der Waals surface area (Å²) < 4.78 is 0. The third-order valence-electron chi connectivity index (χ3n) is 4.28. The zero-order valence-corrected chi connectivity index (χ0v) is 10.3. The predicted octanol–water partition coefficient (Wildman–Crippen LogP) is 3.37. The molecule has 0 radical (unpaired) electrons. The molecule has 3 rings (SSSR count). The molecule has 0 aromatic heterocycles. The van der Waals surface area contributed by atoms with Crippen molar-refractivity contribution in [1.82, 2.24) is 0 Å². The molecule has 2 aliphatic rings. The number of rotatable bonds is 2. The van der Waals surface area contributed by atoms with Crippen LogP contribution in [0.1, 0.15) is 31.2 Å². The first kappa shape index (κ1) is 10.8. The summed E-state index contributed by atoms with van der Waals surface area (Å²) >= 11 is 0. The molecule has 0 heterocycles. The van der Waals surface area contributed by atoms with Crippen LogP contribution in [0.2, 0.25) is 0 Å². The van der Waals surface area contributed by atoms with Crippen LogP contribution in [0.5, 0.6) is 0 Å². The van der Waals surface area contributed by atoms with E-state index < -0.39 is 0 Å². The molecule has 0 aliphatic heterocycles. The summed E-state index contributed by atoms with van der Waals surface area (Å²) in [6.45, 7) is 2.06. The zero-order valence-electron chi connectivity index (χ0n) is 10.3. The van der Waals surface area contributed by atoms with E-state index in [1.807, 2.05) is 24.3 Å². The highest BCUT2D eigenvalue weighted by Crippen LogP contribution is 2.55. The molecule has 2 heteroatoms. The molecule has 0 bridgehead atoms. The molecular formula is C15H19NO. The van der Waals surface area contributed by atoms with E-state index in [1.54, 1.807) is 0 Å². The molecule has 17 heavy (non-hydrogen) atoms. The summed E-state index contributed by atoms with van der Waals surface area (Å²) in [5.74, 6) is 1.92. The highest BCUT2D eigenvalue weighted by molar-refractivity contribution is 5.94. The van der Waals surface area contributed by atoms with Crippen molar-refractivity contribution in [3.8, 4) is 0 Å². The molecule has 0 saturated heterocycles. The van der Waals surface area contributed by atoms with Gasteiger partial charge in [-0.2, -0.15) is 0 Å². The number of carbonyl (C=O) groups excluding carboxylic acids is 1. The van der Waals surface area contributed by atoms with E-state index in [0.717, 1.165) is 5.69 Å². The van der Waals surface area contributed by atoms with Gasteiger partial charge in [0.2, 0.25) is 5.91 Å². The summed E-state index contributed by atoms with van der Waals surface area (Å²) in [6.07, 6.45) is 5.15. The van der Waals surface area contributed by atoms with Gasteiger partial charge in [0.05, 0.1) is 0 Å². The lowest BCUT2D eigenvalue weighted by Gasteiger charge is -2.04. The molecule has 0 spiro atoms. The molecule has 1 aromatic carbocycles. The Balaban J connectivity index is 1.62. The molecule has 2 saturated carbocycles. The highest BCUT2D eigenvalue weighted by atomic mass is 16.2. The summed E-state index contributed by atoms with van der Waals surface area (Å²) in [4.78, 5) is 12.1. The predicted molar refractivity (Wildman–Crippen MR) is 68.7 cm³/mol. The maximum absolute atomic E-state index is 12.1. The standard InChI is InChI=1S/C15H19NO/c1-10-6-8-11(9-7-10)16-15(17)14-12-4-2-3-5-13(12)14/h6-9,12-14H,2-5H2,1H3,(H,16,17)/t12-,13+,14?. The fourth-order valence-electron chi connectivity index (χ4n) is 3.24. The van der Waals surface area contributed by atoms with Gasteiger partial charge in [0.15, 0.2) is 0 Å². The van der Waals surface area contributed by atoms with Gasteiger partial charge >= 0.3 is 0 Å². The van der Waals surface area contributed by atoms with Crippen LogP contribution in [0.15, 0.2) is 24.3 Å². The third kappa shape index (κ3) is 2.08. The quantitative estimate of drug-likeness (QED) is 0.827. The van der Waals surface area contributed by atoms with Gasteiger partial charge in [-0.25, -0.2) is 0 Å². The number of amides is 1. The van der Waals surface area contributed by atoms with Crippen molar-refractivity contribution in [3.63, 3.8) is 0 Å². The number of hydrogen-bond donors (Lipinski definition) is 1. The summed E-state index contributed by atoms with van der Waals surface area (Å²) in [5.41, 5.74) is 2.16. The molecule has 90 valence electrons. The van der Waals surface area contributed by atoms with E-state index in [2.05, 4.69) is 12.2 Å². The van der Waals surface area contributed by atoms with Gasteiger partial charge in [0.1, 0.15) is 0 Å². The molecule has 1 N–H and O–H groups in total. The third-order valence-corrected chi connectivity index (χ3v) is 4.28. The van der Waals surface area contributed by atoms with Gasteiger partial charge in [-0.3, -0.25) is 4.79 Å². The average molecular weight is 229 g/mol. The van der Waals surface area contributed by atoms with Crippen LogP contribution in [-0.2, 0) is 4.79 Å². The van der Waals surface area contributed by atoms with E-state index in [0.29, 0.717) is 17.8 Å². The fourth-order valence-corrected chi connectivity index (χ4v) is 3.24. The second-order valence-corrected chi connectivity index (χ2v) is 5.49. The Hall–Kier alpha value is -1.31. The summed E-state index contributed by atoms with van der Waals surface area (Å²) in [6, 6.07) is 8.05. The maximum Gasteiger partial charge on any atom is 0.228 e. The topological polar surface area (TPSA) is 29.1 Å². The number of carbonyl (C=O) groups is 1. The first-order valence-corrected chi connectivity index (χ1v) is 6.63. The minimum absolute atomic E-state index is 0.241. The number of aryl methyl sites for hydroxylation is 1. The Morgan fingerprint density at radius 1 is 1.12 bits per heavy atom. The van der Waals surface area contributed by atoms with Crippen LogP contribution < -0.4 is 5.32 Å². The van der Waals surface area contributed by atoms with Gasteiger partial charge in [-0.05, 0) is 43.7 Å². The second-order valence-electron chi connectivity index (χ2n) is 5.49. The van der Waals surface area contributed by atoms with Crippen molar-refractivity contribution in [2.45, 2.75) is 32.6 Å². The lowest BCUT2D eigenvalue weighted by atomic mass is 10.0. The second kappa shape index (κ2) is 4.17. The molecule has 1 amide bonds. The molecule has 1 unspecified atom stereocenters. The average Bonchev–Trinajstić information content (AvgIpc) is 3.06. The Bertz CT molecular complexity index is 411. The minimum Gasteiger partial charge on any atom is -0.326 e. The normalized spacial score (nSPS) is 30.5. The van der Waals surface area contributed by atoms with Crippen LogP contribution in [0.3, 0.4) is 0 Å². The van der Waals surface area contributed by atoms with Gasteiger partial charge in [0, 0.05) is 11.6 Å². The Kier molecular flexibility index (Phi) is 2.65. The van der Waals surface area contributed by atoms with E-state index in [9.17, 15) is 4.79 Å². The molecular weight excluding hydrogens is 210 g/mol. The number of hydrogen-bond acceptors (Lipinski definition) is 1. The van der Waals surface area contributed by atoms with Crippen LogP contribution in [-0.4, -0.2) is 5.91 Å². The largest absolute Gasteiger partial charge is 0.326 e. The van der Waals surface area contributed by atoms with Crippen molar-refractivity contribution in [1.29, 1.82) is 0 Å². The Morgan fingerprint density at radius 3 is 2.29 bits per heavy atom. The van der Waals surface area contributed by atoms with Crippen LogP contribution in [0, 0.1) is 24.7 Å². The first-order valence-electron chi connectivity index (χ1n) is 6.63. The van der Waals surface area contributed by atoms with Crippen molar-refractivity contribution in [2.75, 3.05) is 5.32 Å². The first-order chi connectivity index (χ1) is 8.25. The molecule has 3 atom stereocenters. The fraction of sp³-hybridized carbons (Fsp3) is 0.533. The highest BCUT2D eigenvalue weighted by Gasteiger charge is 2.54. The lowest BCUT2D eigenvalue weighted by molar-refractivity contribution is -0.117. The number of anilines is 1. The molecule has 2 nitrogen and oxygen atoms in total. The Morgan fingerprint density at radius 2 is 1.71 bits per heavy atom. The molecule has 1 aromatic rings. The van der Waals surface area contributed by atoms with E-state index in [4.69, 9.17) is 0 Å². The monoisotopic (exact) mass is 229 g/mol. The van der Waals surface area contributed by atoms with E-state index in [-0.39, 0.29) is 5.91 Å². The summed E-state index contributed by atoms with van der Waals surface area (Å²) in [7, 11) is 0. The van der Waals surface area contributed by atoms with Gasteiger partial charge in [0.25, 0.3) is 0 Å². The van der Waals surface area contributed by atoms with Crippen molar-refractivity contribution < 1.29 is 4.79 Å².